The molecule has 0 saturated heterocycles. The molecule has 0 aromatic heterocycles. The molecule has 5 heteroatoms. The van der Waals surface area contributed by atoms with E-state index in [1.54, 1.807) is 18.2 Å². The molecule has 3 aromatic carbocycles. The van der Waals surface area contributed by atoms with Gasteiger partial charge < -0.3 is 5.11 Å². The maximum absolute atomic E-state index is 12.9. The van der Waals surface area contributed by atoms with Gasteiger partial charge in [-0.05, 0) is 41.8 Å². The van der Waals surface area contributed by atoms with E-state index < -0.39 is 5.97 Å². The molecular weight excluding hydrogens is 378 g/mol. The van der Waals surface area contributed by atoms with Gasteiger partial charge in [-0.25, -0.2) is 9.86 Å². The second-order valence-electron chi connectivity index (χ2n) is 6.77. The van der Waals surface area contributed by atoms with Gasteiger partial charge in [-0.1, -0.05) is 72.8 Å². The van der Waals surface area contributed by atoms with E-state index in [1.807, 2.05) is 67.6 Å². The summed E-state index contributed by atoms with van der Waals surface area (Å²) in [6.45, 7) is 2.18. The van der Waals surface area contributed by atoms with Crippen molar-refractivity contribution in [2.75, 3.05) is 0 Å². The van der Waals surface area contributed by atoms with Crippen molar-refractivity contribution in [1.82, 2.24) is 5.06 Å². The lowest BCUT2D eigenvalue weighted by Crippen LogP contribution is -2.32. The summed E-state index contributed by atoms with van der Waals surface area (Å²) in [4.78, 5) is 29.8. The number of nitrogens with zero attached hydrogens (tertiary/aromatic N) is 1. The Labute approximate surface area is 175 Å². The van der Waals surface area contributed by atoms with E-state index in [4.69, 9.17) is 9.94 Å². The van der Waals surface area contributed by atoms with Crippen LogP contribution in [0.3, 0.4) is 0 Å². The standard InChI is InChI=1S/C25H23NO4/c1-19(22-10-6-3-7-11-22)26(30-18-21-8-4-2-5-9-21)24(27)17-14-20-12-15-23(16-13-20)25(28)29/h2-17,19H,18H2,1H3,(H,28,29). The van der Waals surface area contributed by atoms with Crippen molar-refractivity contribution >= 4 is 18.0 Å². The van der Waals surface area contributed by atoms with Crippen LogP contribution in [0.2, 0.25) is 0 Å². The molecule has 3 aromatic rings. The van der Waals surface area contributed by atoms with Gasteiger partial charge in [-0.3, -0.25) is 9.63 Å². The average Bonchev–Trinajstić information content (AvgIpc) is 2.79. The fraction of sp³-hybridized carbons (Fsp3) is 0.120. The predicted octanol–water partition coefficient (Wildman–Crippen LogP) is 5.12. The molecule has 0 bridgehead atoms. The van der Waals surface area contributed by atoms with Gasteiger partial charge in [0.1, 0.15) is 6.61 Å². The number of rotatable bonds is 8. The summed E-state index contributed by atoms with van der Waals surface area (Å²) < 4.78 is 0. The lowest BCUT2D eigenvalue weighted by atomic mass is 10.1. The van der Waals surface area contributed by atoms with Gasteiger partial charge in [0.2, 0.25) is 0 Å². The van der Waals surface area contributed by atoms with Crippen LogP contribution in [0, 0.1) is 0 Å². The van der Waals surface area contributed by atoms with Gasteiger partial charge >= 0.3 is 5.97 Å². The molecule has 5 nitrogen and oxygen atoms in total. The highest BCUT2D eigenvalue weighted by Gasteiger charge is 2.21. The smallest absolute Gasteiger partial charge is 0.335 e. The molecule has 0 radical (unpaired) electrons. The molecule has 0 aliphatic rings. The largest absolute Gasteiger partial charge is 0.478 e. The summed E-state index contributed by atoms with van der Waals surface area (Å²) in [7, 11) is 0. The minimum atomic E-state index is -0.987. The zero-order valence-electron chi connectivity index (χ0n) is 16.6. The molecule has 0 saturated carbocycles. The van der Waals surface area contributed by atoms with Crippen molar-refractivity contribution in [1.29, 1.82) is 0 Å². The van der Waals surface area contributed by atoms with Gasteiger partial charge in [-0.2, -0.15) is 0 Å². The first-order valence-electron chi connectivity index (χ1n) is 9.61. The number of carboxylic acids is 1. The highest BCUT2D eigenvalue weighted by molar-refractivity contribution is 5.92. The van der Waals surface area contributed by atoms with Crippen LogP contribution in [0.15, 0.2) is 91.0 Å². The molecular formula is C25H23NO4. The minimum absolute atomic E-state index is 0.198. The van der Waals surface area contributed by atoms with Crippen LogP contribution in [0.25, 0.3) is 6.08 Å². The Morgan fingerprint density at radius 3 is 2.13 bits per heavy atom. The van der Waals surface area contributed by atoms with Crippen LogP contribution in [-0.2, 0) is 16.2 Å². The minimum Gasteiger partial charge on any atom is -0.478 e. The monoisotopic (exact) mass is 401 g/mol. The molecule has 0 aliphatic carbocycles. The van der Waals surface area contributed by atoms with Crippen molar-refractivity contribution in [2.24, 2.45) is 0 Å². The Morgan fingerprint density at radius 2 is 1.53 bits per heavy atom. The molecule has 30 heavy (non-hydrogen) atoms. The van der Waals surface area contributed by atoms with Crippen molar-refractivity contribution in [3.63, 3.8) is 0 Å². The first-order chi connectivity index (χ1) is 14.5. The van der Waals surface area contributed by atoms with Crippen LogP contribution in [-0.4, -0.2) is 22.0 Å². The topological polar surface area (TPSA) is 66.8 Å². The van der Waals surface area contributed by atoms with E-state index in [1.165, 1.54) is 23.3 Å². The molecule has 1 atom stereocenters. The zero-order chi connectivity index (χ0) is 21.3. The van der Waals surface area contributed by atoms with Gasteiger partial charge in [0.05, 0.1) is 11.6 Å². The quantitative estimate of drug-likeness (QED) is 0.420. The Bertz CT molecular complexity index is 998. The number of carboxylic acid groups (broad SMARTS) is 1. The lowest BCUT2D eigenvalue weighted by molar-refractivity contribution is -0.200. The van der Waals surface area contributed by atoms with Gasteiger partial charge in [-0.15, -0.1) is 0 Å². The molecule has 3 rings (SSSR count). The second-order valence-corrected chi connectivity index (χ2v) is 6.77. The third-order valence-corrected chi connectivity index (χ3v) is 4.64. The van der Waals surface area contributed by atoms with Crippen LogP contribution < -0.4 is 0 Å². The maximum atomic E-state index is 12.9. The molecule has 152 valence electrons. The Balaban J connectivity index is 1.77. The SMILES string of the molecule is CC(c1ccccc1)N(OCc1ccccc1)C(=O)C=Cc1ccc(C(=O)O)cc1. The Morgan fingerprint density at radius 1 is 0.933 bits per heavy atom. The van der Waals surface area contributed by atoms with Crippen molar-refractivity contribution in [3.05, 3.63) is 113 Å². The van der Waals surface area contributed by atoms with E-state index in [0.717, 1.165) is 16.7 Å². The van der Waals surface area contributed by atoms with E-state index in [2.05, 4.69) is 0 Å². The van der Waals surface area contributed by atoms with Crippen molar-refractivity contribution in [2.45, 2.75) is 19.6 Å². The van der Waals surface area contributed by atoms with E-state index in [0.29, 0.717) is 0 Å². The van der Waals surface area contributed by atoms with E-state index in [9.17, 15) is 9.59 Å². The Hall–Kier alpha value is -3.70. The van der Waals surface area contributed by atoms with Crippen LogP contribution >= 0.6 is 0 Å². The van der Waals surface area contributed by atoms with Crippen LogP contribution in [0.1, 0.15) is 40.0 Å². The lowest BCUT2D eigenvalue weighted by Gasteiger charge is -2.27. The van der Waals surface area contributed by atoms with Crippen LogP contribution in [0.5, 0.6) is 0 Å². The molecule has 1 amide bonds. The summed E-state index contributed by atoms with van der Waals surface area (Å²) in [6.07, 6.45) is 3.07. The fourth-order valence-electron chi connectivity index (χ4n) is 2.93. The maximum Gasteiger partial charge on any atom is 0.335 e. The van der Waals surface area contributed by atoms with Gasteiger partial charge in [0, 0.05) is 6.08 Å². The molecule has 1 unspecified atom stereocenters. The highest BCUT2D eigenvalue weighted by Crippen LogP contribution is 2.22. The summed E-state index contributed by atoms with van der Waals surface area (Å²) in [5, 5.41) is 10.4. The van der Waals surface area contributed by atoms with Crippen LogP contribution in [0.4, 0.5) is 0 Å². The molecule has 1 N–H and O–H groups in total. The third kappa shape index (κ3) is 5.65. The zero-order valence-corrected chi connectivity index (χ0v) is 16.6. The summed E-state index contributed by atoms with van der Waals surface area (Å²) in [6, 6.07) is 25.3. The summed E-state index contributed by atoms with van der Waals surface area (Å²) >= 11 is 0. The number of hydrogen-bond donors (Lipinski definition) is 1. The number of benzene rings is 3. The summed E-state index contributed by atoms with van der Waals surface area (Å²) in [5.41, 5.74) is 2.84. The number of aromatic carboxylic acids is 1. The normalized spacial score (nSPS) is 11.9. The number of hydrogen-bond acceptors (Lipinski definition) is 3. The fourth-order valence-corrected chi connectivity index (χ4v) is 2.93. The first-order valence-corrected chi connectivity index (χ1v) is 9.61. The molecule has 0 heterocycles. The van der Waals surface area contributed by atoms with Gasteiger partial charge in [0.25, 0.3) is 5.91 Å². The van der Waals surface area contributed by atoms with Crippen molar-refractivity contribution < 1.29 is 19.5 Å². The predicted molar refractivity (Wildman–Crippen MR) is 115 cm³/mol. The number of carbonyl (C=O) groups is 2. The summed E-state index contributed by atoms with van der Waals surface area (Å²) in [5.74, 6) is -1.29. The van der Waals surface area contributed by atoms with E-state index >= 15 is 0 Å². The first kappa shape index (κ1) is 21.0. The molecule has 0 aliphatic heterocycles. The van der Waals surface area contributed by atoms with Crippen molar-refractivity contribution in [3.8, 4) is 0 Å². The Kier molecular flexibility index (Phi) is 7.14. The molecule has 0 spiro atoms. The second kappa shape index (κ2) is 10.2. The number of hydroxylamine groups is 2. The third-order valence-electron chi connectivity index (χ3n) is 4.64. The average molecular weight is 401 g/mol. The number of amides is 1. The van der Waals surface area contributed by atoms with Gasteiger partial charge in [0.15, 0.2) is 0 Å². The van der Waals surface area contributed by atoms with E-state index in [-0.39, 0.29) is 24.1 Å². The number of carbonyl (C=O) groups excluding carboxylic acids is 1. The highest BCUT2D eigenvalue weighted by atomic mass is 16.7. The molecule has 0 fully saturated rings.